The lowest BCUT2D eigenvalue weighted by Crippen LogP contribution is -2.57. The number of nitrogens with zero attached hydrogens (tertiary/aromatic N) is 2. The maximum absolute atomic E-state index is 14.8. The van der Waals surface area contributed by atoms with Gasteiger partial charge in [0.05, 0.1) is 34.7 Å². The van der Waals surface area contributed by atoms with E-state index in [0.717, 1.165) is 5.56 Å². The first kappa shape index (κ1) is 36.8. The van der Waals surface area contributed by atoms with Gasteiger partial charge in [0.1, 0.15) is 17.7 Å². The molecule has 0 aliphatic carbocycles. The molecular formula is C37H43BrClN3O7. The highest BCUT2D eigenvalue weighted by atomic mass is 79.9. The van der Waals surface area contributed by atoms with E-state index >= 15 is 0 Å². The second kappa shape index (κ2) is 15.6. The van der Waals surface area contributed by atoms with Crippen LogP contribution in [-0.4, -0.2) is 82.0 Å². The molecule has 8 atom stereocenters. The van der Waals surface area contributed by atoms with Crippen molar-refractivity contribution >= 4 is 56.9 Å². The van der Waals surface area contributed by atoms with Gasteiger partial charge in [0.25, 0.3) is 5.91 Å². The van der Waals surface area contributed by atoms with E-state index in [2.05, 4.69) is 34.4 Å². The van der Waals surface area contributed by atoms with Crippen LogP contribution in [0.25, 0.3) is 0 Å². The van der Waals surface area contributed by atoms with Crippen molar-refractivity contribution in [1.82, 2.24) is 10.2 Å². The number of aryl methyl sites for hydroxylation is 1. The standard InChI is InChI=1S/C37H43BrClN3O7/c1-5-7-17-27(44)40-23(4)31(24-14-9-8-10-15-24)48-36(47)28-29-34(45)42(19-12-20-43)33(37(29)21-25(38)32(28)49-37)35(46)41(18-6-2)30-22(3)13-11-16-26(30)39/h5-6,8-11,13-16,23,25,28-29,31-33,43H,1-2,7,12,17-21H2,3-4H3,(H,40,44)/t23-,25?,28-,29+,31-,32-,33-,37+/m0/s1. The highest BCUT2D eigenvalue weighted by molar-refractivity contribution is 9.09. The zero-order valence-corrected chi connectivity index (χ0v) is 30.1. The highest BCUT2D eigenvalue weighted by Crippen LogP contribution is 2.60. The summed E-state index contributed by atoms with van der Waals surface area (Å²) in [5, 5.41) is 13.1. The van der Waals surface area contributed by atoms with Gasteiger partial charge in [-0.05, 0) is 50.3 Å². The summed E-state index contributed by atoms with van der Waals surface area (Å²) in [6.45, 7) is 11.1. The molecule has 2 N–H and O–H groups in total. The van der Waals surface area contributed by atoms with Crippen LogP contribution < -0.4 is 10.2 Å². The lowest BCUT2D eigenvalue weighted by atomic mass is 9.70. The van der Waals surface area contributed by atoms with Crippen LogP contribution in [0.15, 0.2) is 73.8 Å². The predicted octanol–water partition coefficient (Wildman–Crippen LogP) is 5.05. The van der Waals surface area contributed by atoms with Crippen LogP contribution >= 0.6 is 27.5 Å². The van der Waals surface area contributed by atoms with Crippen LogP contribution in [0.1, 0.15) is 49.8 Å². The largest absolute Gasteiger partial charge is 0.455 e. The molecule has 2 bridgehead atoms. The summed E-state index contributed by atoms with van der Waals surface area (Å²) in [6, 6.07) is 12.7. The Morgan fingerprint density at radius 3 is 2.59 bits per heavy atom. The first-order valence-electron chi connectivity index (χ1n) is 16.6. The third-order valence-electron chi connectivity index (χ3n) is 9.68. The Labute approximate surface area is 300 Å². The number of hydrogen-bond acceptors (Lipinski definition) is 7. The van der Waals surface area contributed by atoms with Crippen molar-refractivity contribution in [1.29, 1.82) is 0 Å². The van der Waals surface area contributed by atoms with Crippen molar-refractivity contribution in [3.8, 4) is 0 Å². The molecule has 5 rings (SSSR count). The monoisotopic (exact) mass is 755 g/mol. The molecule has 3 aliphatic heterocycles. The zero-order chi connectivity index (χ0) is 35.5. The van der Waals surface area contributed by atoms with Crippen LogP contribution in [0.5, 0.6) is 0 Å². The molecule has 2 aromatic rings. The molecule has 262 valence electrons. The lowest BCUT2D eigenvalue weighted by Gasteiger charge is -2.37. The number of anilines is 1. The second-order valence-corrected chi connectivity index (χ2v) is 14.5. The molecule has 3 fully saturated rings. The lowest BCUT2D eigenvalue weighted by molar-refractivity contribution is -0.162. The van der Waals surface area contributed by atoms with E-state index in [-0.39, 0.29) is 43.3 Å². The minimum atomic E-state index is -1.35. The number of rotatable bonds is 15. The molecule has 0 aromatic heterocycles. The fourth-order valence-corrected chi connectivity index (χ4v) is 8.90. The summed E-state index contributed by atoms with van der Waals surface area (Å²) in [7, 11) is 0. The van der Waals surface area contributed by atoms with Gasteiger partial charge in [-0.2, -0.15) is 0 Å². The Bertz CT molecular complexity index is 1570. The third-order valence-corrected chi connectivity index (χ3v) is 10.8. The maximum atomic E-state index is 14.8. The SMILES string of the molecule is C=CCCC(=O)N[C@@H](C)[C@H](OC(=O)[C@@H]1[C@H]2O[C@@]3(CC2Br)[C@H](C(=O)N(CC=C)c2c(C)cccc2Cl)N(CCCO)C(=O)[C@@H]13)c1ccccc1. The van der Waals surface area contributed by atoms with E-state index in [1.165, 1.54) is 9.80 Å². The van der Waals surface area contributed by atoms with E-state index in [0.29, 0.717) is 29.1 Å². The molecule has 3 amide bonds. The van der Waals surface area contributed by atoms with Gasteiger partial charge < -0.3 is 29.7 Å². The first-order chi connectivity index (χ1) is 23.5. The average molecular weight is 757 g/mol. The number of carbonyl (C=O) groups is 4. The minimum Gasteiger partial charge on any atom is -0.455 e. The van der Waals surface area contributed by atoms with E-state index in [9.17, 15) is 24.3 Å². The molecule has 3 heterocycles. The Morgan fingerprint density at radius 1 is 1.20 bits per heavy atom. The Kier molecular flexibility index (Phi) is 11.7. The number of benzene rings is 2. The summed E-state index contributed by atoms with van der Waals surface area (Å²) in [5.74, 6) is -3.75. The molecule has 1 unspecified atom stereocenters. The molecule has 3 saturated heterocycles. The van der Waals surface area contributed by atoms with Gasteiger partial charge in [-0.15, -0.1) is 13.2 Å². The summed E-state index contributed by atoms with van der Waals surface area (Å²) in [6.07, 6.45) is 2.89. The number of esters is 1. The number of ether oxygens (including phenoxy) is 2. The summed E-state index contributed by atoms with van der Waals surface area (Å²) in [5.41, 5.74) is 0.578. The maximum Gasteiger partial charge on any atom is 0.313 e. The topological polar surface area (TPSA) is 125 Å². The minimum absolute atomic E-state index is 0.0799. The van der Waals surface area contributed by atoms with Crippen LogP contribution in [0.2, 0.25) is 5.02 Å². The van der Waals surface area contributed by atoms with Gasteiger partial charge in [0.2, 0.25) is 11.8 Å². The van der Waals surface area contributed by atoms with Crippen molar-refractivity contribution in [2.24, 2.45) is 11.8 Å². The number of fused-ring (bicyclic) bond motifs is 1. The van der Waals surface area contributed by atoms with Gasteiger partial charge >= 0.3 is 5.97 Å². The van der Waals surface area contributed by atoms with Crippen LogP contribution in [0, 0.1) is 18.8 Å². The van der Waals surface area contributed by atoms with Crippen molar-refractivity contribution in [3.63, 3.8) is 0 Å². The van der Waals surface area contributed by atoms with E-state index < -0.39 is 59.5 Å². The highest BCUT2D eigenvalue weighted by Gasteiger charge is 2.77. The molecule has 49 heavy (non-hydrogen) atoms. The molecule has 0 saturated carbocycles. The fourth-order valence-electron chi connectivity index (χ4n) is 7.63. The number of aliphatic hydroxyl groups is 1. The number of likely N-dealkylation sites (tertiary alicyclic amines) is 1. The smallest absolute Gasteiger partial charge is 0.313 e. The number of nitrogens with one attached hydrogen (secondary N) is 1. The van der Waals surface area contributed by atoms with Crippen LogP contribution in [-0.2, 0) is 28.7 Å². The van der Waals surface area contributed by atoms with Gasteiger partial charge in [-0.1, -0.05) is 82.1 Å². The Morgan fingerprint density at radius 2 is 1.94 bits per heavy atom. The zero-order valence-electron chi connectivity index (χ0n) is 27.7. The molecule has 3 aliphatic rings. The number of halogens is 2. The normalized spacial score (nSPS) is 26.5. The predicted molar refractivity (Wildman–Crippen MR) is 190 cm³/mol. The second-order valence-electron chi connectivity index (χ2n) is 12.9. The number of allylic oxidation sites excluding steroid dienone is 1. The number of para-hydroxylation sites is 1. The van der Waals surface area contributed by atoms with Crippen molar-refractivity contribution < 1.29 is 33.8 Å². The molecule has 0 radical (unpaired) electrons. The molecular weight excluding hydrogens is 714 g/mol. The fraction of sp³-hybridized carbons (Fsp3) is 0.459. The van der Waals surface area contributed by atoms with Gasteiger partial charge in [0, 0.05) is 30.9 Å². The Balaban J connectivity index is 1.51. The summed E-state index contributed by atoms with van der Waals surface area (Å²) >= 11 is 10.4. The van der Waals surface area contributed by atoms with Crippen LogP contribution in [0.4, 0.5) is 5.69 Å². The number of hydrogen-bond donors (Lipinski definition) is 2. The third kappa shape index (κ3) is 6.95. The van der Waals surface area contributed by atoms with E-state index in [1.807, 2.05) is 43.3 Å². The van der Waals surface area contributed by atoms with E-state index in [1.54, 1.807) is 31.2 Å². The van der Waals surface area contributed by atoms with Crippen LogP contribution in [0.3, 0.4) is 0 Å². The van der Waals surface area contributed by atoms with Crippen molar-refractivity contribution in [2.45, 2.75) is 74.3 Å². The Hall–Kier alpha value is -3.51. The van der Waals surface area contributed by atoms with E-state index in [4.69, 9.17) is 21.1 Å². The molecule has 10 nitrogen and oxygen atoms in total. The first-order valence-corrected chi connectivity index (χ1v) is 17.9. The van der Waals surface area contributed by atoms with Gasteiger partial charge in [-0.25, -0.2) is 0 Å². The quantitative estimate of drug-likeness (QED) is 0.148. The molecule has 12 heteroatoms. The van der Waals surface area contributed by atoms with Gasteiger partial charge in [0.15, 0.2) is 0 Å². The number of amides is 3. The van der Waals surface area contributed by atoms with Gasteiger partial charge in [-0.3, -0.25) is 19.2 Å². The number of carbonyl (C=O) groups excluding carboxylic acids is 4. The summed E-state index contributed by atoms with van der Waals surface area (Å²) < 4.78 is 12.9. The average Bonchev–Trinajstić information content (AvgIpc) is 3.67. The summed E-state index contributed by atoms with van der Waals surface area (Å²) in [4.78, 5) is 58.9. The molecule has 1 spiro atoms. The number of alkyl halides is 1. The van der Waals surface area contributed by atoms with Crippen molar-refractivity contribution in [2.75, 3.05) is 24.6 Å². The number of aliphatic hydroxyl groups excluding tert-OH is 1. The van der Waals surface area contributed by atoms with Crippen molar-refractivity contribution in [3.05, 3.63) is 90.0 Å². The molecule has 2 aromatic carbocycles.